The van der Waals surface area contributed by atoms with Crippen LogP contribution in [0.3, 0.4) is 0 Å². The Bertz CT molecular complexity index is 826. The van der Waals surface area contributed by atoms with Crippen LogP contribution in [-0.4, -0.2) is 21.1 Å². The van der Waals surface area contributed by atoms with E-state index in [0.29, 0.717) is 11.4 Å². The Morgan fingerprint density at radius 3 is 2.65 bits per heavy atom. The molecule has 1 amide bonds. The molecule has 1 unspecified atom stereocenters. The van der Waals surface area contributed by atoms with Gasteiger partial charge in [0, 0.05) is 30.4 Å². The van der Waals surface area contributed by atoms with Crippen molar-refractivity contribution in [3.63, 3.8) is 0 Å². The van der Waals surface area contributed by atoms with Crippen molar-refractivity contribution in [2.24, 2.45) is 7.05 Å². The number of carbonyl (C=O) groups excluding carboxylic acids is 1. The third kappa shape index (κ3) is 4.32. The molecular formula is C16H18ClN3O3. The molecular weight excluding hydrogens is 318 g/mol. The Labute approximate surface area is 138 Å². The summed E-state index contributed by atoms with van der Waals surface area (Å²) >= 11 is 6.10. The lowest BCUT2D eigenvalue weighted by Crippen LogP contribution is -2.42. The normalized spacial score (nSPS) is 12.0. The average molecular weight is 336 g/mol. The number of hydrogen-bond donors (Lipinski definition) is 1. The van der Waals surface area contributed by atoms with Gasteiger partial charge in [-0.15, -0.1) is 0 Å². The summed E-state index contributed by atoms with van der Waals surface area (Å²) in [7, 11) is 1.37. The van der Waals surface area contributed by atoms with Crippen molar-refractivity contribution in [1.82, 2.24) is 14.5 Å². The highest BCUT2D eigenvalue weighted by atomic mass is 35.5. The second kappa shape index (κ2) is 7.28. The summed E-state index contributed by atoms with van der Waals surface area (Å²) in [4.78, 5) is 35.3. The second-order valence-corrected chi connectivity index (χ2v) is 5.79. The molecule has 2 rings (SSSR count). The number of halogens is 1. The monoisotopic (exact) mass is 335 g/mol. The van der Waals surface area contributed by atoms with Crippen LogP contribution in [0.2, 0.25) is 5.02 Å². The third-order valence-corrected chi connectivity index (χ3v) is 3.83. The standard InChI is InChI=1S/C16H18ClN3O3/c1-11(9-12-5-3-4-6-13(12)17)18-14(21)10-20-8-7-15(22)19(2)16(20)23/h3-8,11H,9-10H2,1-2H3,(H,18,21). The van der Waals surface area contributed by atoms with Crippen molar-refractivity contribution >= 4 is 17.5 Å². The van der Waals surface area contributed by atoms with Gasteiger partial charge in [-0.3, -0.25) is 18.7 Å². The number of nitrogens with one attached hydrogen (secondary N) is 1. The fourth-order valence-electron chi connectivity index (χ4n) is 2.26. The van der Waals surface area contributed by atoms with Crippen LogP contribution in [0, 0.1) is 0 Å². The predicted molar refractivity (Wildman–Crippen MR) is 88.7 cm³/mol. The molecule has 1 aromatic carbocycles. The molecule has 122 valence electrons. The van der Waals surface area contributed by atoms with E-state index in [1.165, 1.54) is 23.9 Å². The Balaban J connectivity index is 2.00. The zero-order chi connectivity index (χ0) is 17.0. The smallest absolute Gasteiger partial charge is 0.331 e. The Kier molecular flexibility index (Phi) is 5.39. The van der Waals surface area contributed by atoms with Crippen LogP contribution in [0.25, 0.3) is 0 Å². The molecule has 0 spiro atoms. The Morgan fingerprint density at radius 2 is 1.96 bits per heavy atom. The van der Waals surface area contributed by atoms with Gasteiger partial charge in [-0.05, 0) is 25.0 Å². The van der Waals surface area contributed by atoms with Crippen LogP contribution in [0.1, 0.15) is 12.5 Å². The Morgan fingerprint density at radius 1 is 1.26 bits per heavy atom. The highest BCUT2D eigenvalue weighted by Gasteiger charge is 2.11. The minimum atomic E-state index is -0.522. The fraction of sp³-hybridized carbons (Fsp3) is 0.312. The van der Waals surface area contributed by atoms with Crippen molar-refractivity contribution in [1.29, 1.82) is 0 Å². The molecule has 0 bridgehead atoms. The van der Waals surface area contributed by atoms with Crippen LogP contribution in [0.5, 0.6) is 0 Å². The summed E-state index contributed by atoms with van der Waals surface area (Å²) in [6.07, 6.45) is 1.91. The fourth-order valence-corrected chi connectivity index (χ4v) is 2.47. The quantitative estimate of drug-likeness (QED) is 0.884. The van der Waals surface area contributed by atoms with Gasteiger partial charge in [0.05, 0.1) is 0 Å². The van der Waals surface area contributed by atoms with Gasteiger partial charge in [0.1, 0.15) is 6.54 Å². The molecule has 0 saturated carbocycles. The summed E-state index contributed by atoms with van der Waals surface area (Å²) in [5.41, 5.74) is 0.0198. The molecule has 2 aromatic rings. The number of carbonyl (C=O) groups is 1. The predicted octanol–water partition coefficient (Wildman–Crippen LogP) is 0.948. The molecule has 7 heteroatoms. The third-order valence-electron chi connectivity index (χ3n) is 3.47. The molecule has 23 heavy (non-hydrogen) atoms. The number of aromatic nitrogens is 2. The first kappa shape index (κ1) is 17.0. The molecule has 1 N–H and O–H groups in total. The number of rotatable bonds is 5. The van der Waals surface area contributed by atoms with E-state index in [4.69, 9.17) is 11.6 Å². The van der Waals surface area contributed by atoms with Crippen molar-refractivity contribution < 1.29 is 4.79 Å². The first-order valence-corrected chi connectivity index (χ1v) is 7.55. The van der Waals surface area contributed by atoms with E-state index >= 15 is 0 Å². The number of benzene rings is 1. The minimum Gasteiger partial charge on any atom is -0.352 e. The van der Waals surface area contributed by atoms with E-state index in [-0.39, 0.29) is 18.5 Å². The van der Waals surface area contributed by atoms with Crippen molar-refractivity contribution in [2.45, 2.75) is 25.9 Å². The van der Waals surface area contributed by atoms with Gasteiger partial charge < -0.3 is 5.32 Å². The van der Waals surface area contributed by atoms with Crippen LogP contribution in [0.15, 0.2) is 46.1 Å². The van der Waals surface area contributed by atoms with Gasteiger partial charge in [0.2, 0.25) is 5.91 Å². The van der Waals surface area contributed by atoms with Crippen molar-refractivity contribution in [3.05, 3.63) is 68.0 Å². The zero-order valence-corrected chi connectivity index (χ0v) is 13.7. The molecule has 0 radical (unpaired) electrons. The molecule has 0 fully saturated rings. The first-order valence-electron chi connectivity index (χ1n) is 7.17. The number of hydrogen-bond acceptors (Lipinski definition) is 3. The zero-order valence-electron chi connectivity index (χ0n) is 13.0. The first-order chi connectivity index (χ1) is 10.9. The summed E-state index contributed by atoms with van der Waals surface area (Å²) in [6.45, 7) is 1.73. The molecule has 1 heterocycles. The maximum atomic E-state index is 12.1. The van der Waals surface area contributed by atoms with Crippen LogP contribution in [0.4, 0.5) is 0 Å². The van der Waals surface area contributed by atoms with Crippen molar-refractivity contribution in [3.8, 4) is 0 Å². The number of nitrogens with zero attached hydrogens (tertiary/aromatic N) is 2. The van der Waals surface area contributed by atoms with Gasteiger partial charge in [0.25, 0.3) is 5.56 Å². The average Bonchev–Trinajstić information content (AvgIpc) is 2.50. The highest BCUT2D eigenvalue weighted by molar-refractivity contribution is 6.31. The maximum Gasteiger partial charge on any atom is 0.331 e. The van der Waals surface area contributed by atoms with E-state index < -0.39 is 11.2 Å². The molecule has 0 aliphatic carbocycles. The van der Waals surface area contributed by atoms with E-state index in [2.05, 4.69) is 5.32 Å². The van der Waals surface area contributed by atoms with E-state index in [1.807, 2.05) is 25.1 Å². The topological polar surface area (TPSA) is 73.1 Å². The SMILES string of the molecule is CC(Cc1ccccc1Cl)NC(=O)Cn1ccc(=O)n(C)c1=O. The van der Waals surface area contributed by atoms with Crippen LogP contribution < -0.4 is 16.6 Å². The molecule has 0 aliphatic rings. The summed E-state index contributed by atoms with van der Waals surface area (Å²) in [6, 6.07) is 8.56. The van der Waals surface area contributed by atoms with E-state index in [0.717, 1.165) is 10.1 Å². The van der Waals surface area contributed by atoms with Gasteiger partial charge in [0.15, 0.2) is 0 Å². The molecule has 0 aliphatic heterocycles. The van der Waals surface area contributed by atoms with E-state index in [9.17, 15) is 14.4 Å². The molecule has 0 saturated heterocycles. The van der Waals surface area contributed by atoms with Gasteiger partial charge in [-0.1, -0.05) is 29.8 Å². The number of amides is 1. The largest absolute Gasteiger partial charge is 0.352 e. The maximum absolute atomic E-state index is 12.1. The van der Waals surface area contributed by atoms with Gasteiger partial charge >= 0.3 is 5.69 Å². The molecule has 6 nitrogen and oxygen atoms in total. The van der Waals surface area contributed by atoms with Crippen molar-refractivity contribution in [2.75, 3.05) is 0 Å². The van der Waals surface area contributed by atoms with E-state index in [1.54, 1.807) is 6.07 Å². The molecule has 1 atom stereocenters. The van der Waals surface area contributed by atoms with Crippen LogP contribution >= 0.6 is 11.6 Å². The summed E-state index contributed by atoms with van der Waals surface area (Å²) in [5, 5.41) is 3.48. The van der Waals surface area contributed by atoms with Gasteiger partial charge in [-0.2, -0.15) is 0 Å². The molecule has 1 aromatic heterocycles. The summed E-state index contributed by atoms with van der Waals surface area (Å²) in [5.74, 6) is -0.301. The second-order valence-electron chi connectivity index (χ2n) is 5.39. The van der Waals surface area contributed by atoms with Gasteiger partial charge in [-0.25, -0.2) is 4.79 Å². The lowest BCUT2D eigenvalue weighted by Gasteiger charge is -2.15. The summed E-state index contributed by atoms with van der Waals surface area (Å²) < 4.78 is 2.15. The van der Waals surface area contributed by atoms with Crippen LogP contribution in [-0.2, 0) is 24.8 Å². The highest BCUT2D eigenvalue weighted by Crippen LogP contribution is 2.16. The lowest BCUT2D eigenvalue weighted by molar-refractivity contribution is -0.122. The lowest BCUT2D eigenvalue weighted by atomic mass is 10.1. The minimum absolute atomic E-state index is 0.134. The Hall–Kier alpha value is -2.34.